The standard InChI is InChI=1S/C20H23Cl2N3O2/c1-27-17-5-3-16(4-6-17)23-20(26)14-25-10-8-24(9-11-25)13-15-2-7-18(21)19(22)12-15/h2-7,12H,8-11,13-14H2,1H3,(H,23,26). The molecular weight excluding hydrogens is 385 g/mol. The quantitative estimate of drug-likeness (QED) is 0.791. The first-order valence-electron chi connectivity index (χ1n) is 8.86. The molecule has 1 aliphatic heterocycles. The Morgan fingerprint density at radius 3 is 2.30 bits per heavy atom. The first kappa shape index (κ1) is 20.0. The summed E-state index contributed by atoms with van der Waals surface area (Å²) >= 11 is 12.1. The molecule has 1 amide bonds. The van der Waals surface area contributed by atoms with Gasteiger partial charge in [0.05, 0.1) is 23.7 Å². The van der Waals surface area contributed by atoms with Crippen molar-refractivity contribution < 1.29 is 9.53 Å². The van der Waals surface area contributed by atoms with Gasteiger partial charge in [-0.05, 0) is 42.0 Å². The maximum Gasteiger partial charge on any atom is 0.238 e. The second-order valence-corrected chi connectivity index (χ2v) is 7.39. The number of rotatable bonds is 6. The molecule has 7 heteroatoms. The summed E-state index contributed by atoms with van der Waals surface area (Å²) in [6, 6.07) is 13.1. The number of methoxy groups -OCH3 is 1. The molecule has 0 atom stereocenters. The Labute approximate surface area is 169 Å². The van der Waals surface area contributed by atoms with Crippen molar-refractivity contribution in [2.75, 3.05) is 45.2 Å². The predicted molar refractivity (Wildman–Crippen MR) is 110 cm³/mol. The number of ether oxygens (including phenoxy) is 1. The number of halogens is 2. The largest absolute Gasteiger partial charge is 0.497 e. The van der Waals surface area contributed by atoms with Crippen LogP contribution in [0.5, 0.6) is 5.75 Å². The third-order valence-electron chi connectivity index (χ3n) is 4.60. The fraction of sp³-hybridized carbons (Fsp3) is 0.350. The van der Waals surface area contributed by atoms with Crippen LogP contribution in [0.2, 0.25) is 10.0 Å². The summed E-state index contributed by atoms with van der Waals surface area (Å²) in [5.41, 5.74) is 1.93. The minimum absolute atomic E-state index is 0.00176. The number of anilines is 1. The van der Waals surface area contributed by atoms with Crippen LogP contribution in [0.4, 0.5) is 5.69 Å². The van der Waals surface area contributed by atoms with Gasteiger partial charge in [-0.15, -0.1) is 0 Å². The molecule has 0 spiro atoms. The normalized spacial score (nSPS) is 15.5. The van der Waals surface area contributed by atoms with Gasteiger partial charge >= 0.3 is 0 Å². The lowest BCUT2D eigenvalue weighted by molar-refractivity contribution is -0.117. The average molecular weight is 408 g/mol. The summed E-state index contributed by atoms with van der Waals surface area (Å²) < 4.78 is 5.12. The molecule has 0 radical (unpaired) electrons. The molecule has 1 fully saturated rings. The lowest BCUT2D eigenvalue weighted by Crippen LogP contribution is -2.48. The Hall–Kier alpha value is -1.79. The number of hydrogen-bond acceptors (Lipinski definition) is 4. The van der Waals surface area contributed by atoms with Gasteiger partial charge < -0.3 is 10.1 Å². The number of amides is 1. The van der Waals surface area contributed by atoms with Crippen LogP contribution in [0.15, 0.2) is 42.5 Å². The molecule has 0 aliphatic carbocycles. The fourth-order valence-electron chi connectivity index (χ4n) is 3.08. The highest BCUT2D eigenvalue weighted by molar-refractivity contribution is 6.42. The molecule has 2 aromatic rings. The van der Waals surface area contributed by atoms with E-state index in [0.717, 1.165) is 49.7 Å². The third-order valence-corrected chi connectivity index (χ3v) is 5.34. The number of nitrogens with zero attached hydrogens (tertiary/aromatic N) is 2. The number of carbonyl (C=O) groups excluding carboxylic acids is 1. The molecule has 1 heterocycles. The number of nitrogens with one attached hydrogen (secondary N) is 1. The van der Waals surface area contributed by atoms with Crippen molar-refractivity contribution in [1.82, 2.24) is 9.80 Å². The number of benzene rings is 2. The summed E-state index contributed by atoms with van der Waals surface area (Å²) in [5, 5.41) is 4.09. The summed E-state index contributed by atoms with van der Waals surface area (Å²) in [7, 11) is 1.62. The Balaban J connectivity index is 1.43. The highest BCUT2D eigenvalue weighted by atomic mass is 35.5. The van der Waals surface area contributed by atoms with Gasteiger partial charge in [-0.3, -0.25) is 14.6 Å². The zero-order valence-corrected chi connectivity index (χ0v) is 16.8. The van der Waals surface area contributed by atoms with Gasteiger partial charge in [0.15, 0.2) is 0 Å². The Morgan fingerprint density at radius 1 is 1.00 bits per heavy atom. The minimum Gasteiger partial charge on any atom is -0.497 e. The van der Waals surface area contributed by atoms with Crippen molar-refractivity contribution in [3.8, 4) is 5.75 Å². The van der Waals surface area contributed by atoms with Crippen molar-refractivity contribution in [3.63, 3.8) is 0 Å². The number of piperazine rings is 1. The Bertz CT molecular complexity index is 775. The van der Waals surface area contributed by atoms with Crippen LogP contribution in [0.3, 0.4) is 0 Å². The summed E-state index contributed by atoms with van der Waals surface area (Å²) in [5.74, 6) is 0.768. The zero-order valence-electron chi connectivity index (χ0n) is 15.3. The van der Waals surface area contributed by atoms with E-state index in [1.54, 1.807) is 7.11 Å². The molecule has 0 bridgehead atoms. The molecule has 0 aromatic heterocycles. The van der Waals surface area contributed by atoms with Crippen LogP contribution in [0.25, 0.3) is 0 Å². The van der Waals surface area contributed by atoms with Crippen molar-refractivity contribution in [1.29, 1.82) is 0 Å². The molecule has 1 saturated heterocycles. The van der Waals surface area contributed by atoms with Gasteiger partial charge in [0.25, 0.3) is 0 Å². The first-order chi connectivity index (χ1) is 13.0. The fourth-order valence-corrected chi connectivity index (χ4v) is 3.40. The molecule has 3 rings (SSSR count). The van der Waals surface area contributed by atoms with Crippen LogP contribution >= 0.6 is 23.2 Å². The van der Waals surface area contributed by atoms with E-state index in [2.05, 4.69) is 15.1 Å². The molecule has 1 aliphatic rings. The van der Waals surface area contributed by atoms with Gasteiger partial charge in [-0.25, -0.2) is 0 Å². The Kier molecular flexibility index (Phi) is 6.96. The Morgan fingerprint density at radius 2 is 1.67 bits per heavy atom. The highest BCUT2D eigenvalue weighted by Crippen LogP contribution is 2.23. The van der Waals surface area contributed by atoms with Crippen LogP contribution in [0.1, 0.15) is 5.56 Å². The maximum atomic E-state index is 12.3. The van der Waals surface area contributed by atoms with E-state index in [1.165, 1.54) is 0 Å². The first-order valence-corrected chi connectivity index (χ1v) is 9.61. The molecule has 5 nitrogen and oxygen atoms in total. The summed E-state index contributed by atoms with van der Waals surface area (Å²) in [6.45, 7) is 4.77. The van der Waals surface area contributed by atoms with E-state index in [1.807, 2.05) is 42.5 Å². The summed E-state index contributed by atoms with van der Waals surface area (Å²) in [6.07, 6.45) is 0. The van der Waals surface area contributed by atoms with E-state index in [9.17, 15) is 4.79 Å². The lowest BCUT2D eigenvalue weighted by Gasteiger charge is -2.34. The van der Waals surface area contributed by atoms with Crippen molar-refractivity contribution >= 4 is 34.8 Å². The van der Waals surface area contributed by atoms with Crippen LogP contribution in [0, 0.1) is 0 Å². The van der Waals surface area contributed by atoms with Gasteiger partial charge in [0.1, 0.15) is 5.75 Å². The van der Waals surface area contributed by atoms with Crippen molar-refractivity contribution in [2.24, 2.45) is 0 Å². The maximum absolute atomic E-state index is 12.3. The molecule has 27 heavy (non-hydrogen) atoms. The molecule has 144 valence electrons. The molecule has 0 unspecified atom stereocenters. The molecule has 1 N–H and O–H groups in total. The van der Waals surface area contributed by atoms with E-state index >= 15 is 0 Å². The van der Waals surface area contributed by atoms with Crippen LogP contribution in [-0.4, -0.2) is 55.5 Å². The van der Waals surface area contributed by atoms with Crippen LogP contribution in [-0.2, 0) is 11.3 Å². The zero-order chi connectivity index (χ0) is 19.2. The predicted octanol–water partition coefficient (Wildman–Crippen LogP) is 3.76. The smallest absolute Gasteiger partial charge is 0.238 e. The van der Waals surface area contributed by atoms with Crippen molar-refractivity contribution in [3.05, 3.63) is 58.1 Å². The summed E-state index contributed by atoms with van der Waals surface area (Å²) in [4.78, 5) is 16.8. The number of carbonyl (C=O) groups is 1. The van der Waals surface area contributed by atoms with E-state index in [0.29, 0.717) is 16.6 Å². The highest BCUT2D eigenvalue weighted by Gasteiger charge is 2.19. The van der Waals surface area contributed by atoms with Gasteiger partial charge in [0, 0.05) is 38.4 Å². The second-order valence-electron chi connectivity index (χ2n) is 6.58. The van der Waals surface area contributed by atoms with E-state index in [-0.39, 0.29) is 5.91 Å². The average Bonchev–Trinajstić information content (AvgIpc) is 2.67. The minimum atomic E-state index is -0.00176. The van der Waals surface area contributed by atoms with Gasteiger partial charge in [-0.2, -0.15) is 0 Å². The molecule has 2 aromatic carbocycles. The van der Waals surface area contributed by atoms with Gasteiger partial charge in [-0.1, -0.05) is 29.3 Å². The van der Waals surface area contributed by atoms with E-state index < -0.39 is 0 Å². The molecule has 0 saturated carbocycles. The lowest BCUT2D eigenvalue weighted by atomic mass is 10.2. The van der Waals surface area contributed by atoms with Crippen molar-refractivity contribution in [2.45, 2.75) is 6.54 Å². The topological polar surface area (TPSA) is 44.8 Å². The molecular formula is C20H23Cl2N3O2. The number of hydrogen-bond donors (Lipinski definition) is 1. The second kappa shape index (κ2) is 9.42. The SMILES string of the molecule is COc1ccc(NC(=O)CN2CCN(Cc3ccc(Cl)c(Cl)c3)CC2)cc1. The van der Waals surface area contributed by atoms with Gasteiger partial charge in [0.2, 0.25) is 5.91 Å². The van der Waals surface area contributed by atoms with E-state index in [4.69, 9.17) is 27.9 Å². The third kappa shape index (κ3) is 5.84. The van der Waals surface area contributed by atoms with Crippen LogP contribution < -0.4 is 10.1 Å². The monoisotopic (exact) mass is 407 g/mol.